The fourth-order valence-corrected chi connectivity index (χ4v) is 1.30. The monoisotopic (exact) mass is 228 g/mol. The van der Waals surface area contributed by atoms with Crippen LogP contribution in [-0.4, -0.2) is 9.55 Å². The van der Waals surface area contributed by atoms with Crippen molar-refractivity contribution in [1.82, 2.24) is 9.55 Å². The number of nitrogens with one attached hydrogen (secondary N) is 1. The summed E-state index contributed by atoms with van der Waals surface area (Å²) in [7, 11) is 0. The summed E-state index contributed by atoms with van der Waals surface area (Å²) in [5.41, 5.74) is 2.15. The molecule has 0 aliphatic carbocycles. The molecule has 0 fully saturated rings. The normalized spacial score (nSPS) is 11.8. The van der Waals surface area contributed by atoms with Crippen LogP contribution >= 0.6 is 11.6 Å². The van der Waals surface area contributed by atoms with Crippen LogP contribution in [-0.2, 0) is 13.0 Å². The average molecular weight is 229 g/mol. The zero-order chi connectivity index (χ0) is 11.4. The Balaban J connectivity index is 3.19. The van der Waals surface area contributed by atoms with Gasteiger partial charge in [0.15, 0.2) is 0 Å². The molecule has 0 aliphatic rings. The predicted octanol–water partition coefficient (Wildman–Crippen LogP) is 1.24. The zero-order valence-corrected chi connectivity index (χ0v) is 9.47. The molecule has 0 unspecified atom stereocenters. The third-order valence-electron chi connectivity index (χ3n) is 2.07. The van der Waals surface area contributed by atoms with Crippen LogP contribution in [0.1, 0.15) is 19.4 Å². The van der Waals surface area contributed by atoms with Gasteiger partial charge in [0.2, 0.25) is 0 Å². The predicted molar refractivity (Wildman–Crippen MR) is 60.3 cm³/mol. The van der Waals surface area contributed by atoms with Crippen molar-refractivity contribution in [3.63, 3.8) is 0 Å². The summed E-state index contributed by atoms with van der Waals surface area (Å²) in [4.78, 5) is 24.9. The summed E-state index contributed by atoms with van der Waals surface area (Å²) in [6.45, 7) is 4.08. The lowest BCUT2D eigenvalue weighted by Crippen LogP contribution is -2.31. The molecular formula is C10H13ClN2O2. The third kappa shape index (κ3) is 2.83. The van der Waals surface area contributed by atoms with Crippen LogP contribution < -0.4 is 11.2 Å². The van der Waals surface area contributed by atoms with Gasteiger partial charge < -0.3 is 0 Å². The van der Waals surface area contributed by atoms with Crippen LogP contribution in [0.4, 0.5) is 0 Å². The minimum absolute atomic E-state index is 0.314. The lowest BCUT2D eigenvalue weighted by atomic mass is 10.2. The highest BCUT2D eigenvalue weighted by Crippen LogP contribution is 1.98. The first-order chi connectivity index (χ1) is 7.08. The van der Waals surface area contributed by atoms with Gasteiger partial charge in [-0.25, -0.2) is 4.79 Å². The third-order valence-corrected chi connectivity index (χ3v) is 2.44. The quantitative estimate of drug-likeness (QED) is 0.847. The molecule has 82 valence electrons. The first-order valence-corrected chi connectivity index (χ1v) is 5.10. The van der Waals surface area contributed by atoms with Gasteiger partial charge in [0.1, 0.15) is 0 Å². The van der Waals surface area contributed by atoms with Gasteiger partial charge >= 0.3 is 5.69 Å². The molecular weight excluding hydrogens is 216 g/mol. The molecule has 1 N–H and O–H groups in total. The molecule has 5 heteroatoms. The van der Waals surface area contributed by atoms with Crippen LogP contribution in [0, 0.1) is 0 Å². The second-order valence-electron chi connectivity index (χ2n) is 3.35. The van der Waals surface area contributed by atoms with Crippen molar-refractivity contribution in [3.05, 3.63) is 43.7 Å². The Labute approximate surface area is 92.2 Å². The largest absolute Gasteiger partial charge is 0.328 e. The van der Waals surface area contributed by atoms with E-state index in [0.29, 0.717) is 18.5 Å². The number of aryl methyl sites for hydroxylation is 1. The number of halogens is 1. The lowest BCUT2D eigenvalue weighted by molar-refractivity contribution is 0.699. The van der Waals surface area contributed by atoms with E-state index in [9.17, 15) is 9.59 Å². The Kier molecular flexibility index (Phi) is 3.91. The number of H-pyrrole nitrogens is 1. The minimum Gasteiger partial charge on any atom is -0.296 e. The summed E-state index contributed by atoms with van der Waals surface area (Å²) < 4.78 is 1.44. The Bertz CT molecular complexity index is 485. The lowest BCUT2D eigenvalue weighted by Gasteiger charge is -2.05. The average Bonchev–Trinajstić information content (AvgIpc) is 2.21. The molecule has 0 amide bonds. The topological polar surface area (TPSA) is 54.9 Å². The van der Waals surface area contributed by atoms with E-state index >= 15 is 0 Å². The number of hydrogen-bond donors (Lipinski definition) is 1. The standard InChI is InChI=1S/C10H13ClN2O2/c1-3-8-6-13(5-7(2)4-11)10(15)12-9(8)14/h4,6H,3,5H2,1-2H3,(H,12,14,15). The molecule has 0 saturated carbocycles. The molecule has 0 aromatic carbocycles. The number of allylic oxidation sites excluding steroid dienone is 1. The molecule has 0 saturated heterocycles. The van der Waals surface area contributed by atoms with Gasteiger partial charge in [-0.2, -0.15) is 0 Å². The van der Waals surface area contributed by atoms with E-state index in [1.807, 2.05) is 13.8 Å². The Morgan fingerprint density at radius 2 is 2.27 bits per heavy atom. The van der Waals surface area contributed by atoms with E-state index in [4.69, 9.17) is 11.6 Å². The SMILES string of the molecule is CCc1cn(CC(C)=CCl)c(=O)[nH]c1=O. The molecule has 15 heavy (non-hydrogen) atoms. The van der Waals surface area contributed by atoms with Gasteiger partial charge in [-0.15, -0.1) is 0 Å². The summed E-state index contributed by atoms with van der Waals surface area (Å²) in [5.74, 6) is 0. The summed E-state index contributed by atoms with van der Waals surface area (Å²) in [6.07, 6.45) is 2.17. The molecule has 1 heterocycles. The summed E-state index contributed by atoms with van der Waals surface area (Å²) in [6, 6.07) is 0. The van der Waals surface area contributed by atoms with E-state index < -0.39 is 5.69 Å². The van der Waals surface area contributed by atoms with Crippen molar-refractivity contribution in [2.75, 3.05) is 0 Å². The molecule has 0 bridgehead atoms. The first-order valence-electron chi connectivity index (χ1n) is 4.67. The van der Waals surface area contributed by atoms with Gasteiger partial charge in [-0.3, -0.25) is 14.3 Å². The van der Waals surface area contributed by atoms with Crippen LogP contribution in [0.2, 0.25) is 0 Å². The fraction of sp³-hybridized carbons (Fsp3) is 0.400. The zero-order valence-electron chi connectivity index (χ0n) is 8.71. The van der Waals surface area contributed by atoms with E-state index in [1.54, 1.807) is 6.20 Å². The second kappa shape index (κ2) is 4.98. The molecule has 1 aromatic rings. The highest BCUT2D eigenvalue weighted by atomic mass is 35.5. The summed E-state index contributed by atoms with van der Waals surface area (Å²) in [5, 5.41) is 0. The summed E-state index contributed by atoms with van der Waals surface area (Å²) >= 11 is 5.51. The number of rotatable bonds is 3. The van der Waals surface area contributed by atoms with Crippen LogP contribution in [0.25, 0.3) is 0 Å². The Morgan fingerprint density at radius 1 is 1.60 bits per heavy atom. The van der Waals surface area contributed by atoms with Gasteiger partial charge in [-0.05, 0) is 18.9 Å². The van der Waals surface area contributed by atoms with Gasteiger partial charge in [0, 0.05) is 23.8 Å². The van der Waals surface area contributed by atoms with E-state index in [-0.39, 0.29) is 5.56 Å². The molecule has 0 spiro atoms. The van der Waals surface area contributed by atoms with Crippen molar-refractivity contribution in [2.24, 2.45) is 0 Å². The van der Waals surface area contributed by atoms with Crippen LogP contribution in [0.15, 0.2) is 26.9 Å². The van der Waals surface area contributed by atoms with Crippen LogP contribution in [0.3, 0.4) is 0 Å². The Morgan fingerprint density at radius 3 is 2.80 bits per heavy atom. The highest BCUT2D eigenvalue weighted by Gasteiger charge is 2.02. The van der Waals surface area contributed by atoms with E-state index in [1.165, 1.54) is 10.1 Å². The molecule has 1 aromatic heterocycles. The molecule has 4 nitrogen and oxygen atoms in total. The maximum atomic E-state index is 11.4. The second-order valence-corrected chi connectivity index (χ2v) is 3.57. The van der Waals surface area contributed by atoms with E-state index in [2.05, 4.69) is 4.98 Å². The van der Waals surface area contributed by atoms with Crippen molar-refractivity contribution < 1.29 is 0 Å². The van der Waals surface area contributed by atoms with Crippen LogP contribution in [0.5, 0.6) is 0 Å². The van der Waals surface area contributed by atoms with Crippen molar-refractivity contribution >= 4 is 11.6 Å². The molecule has 0 aliphatic heterocycles. The first kappa shape index (κ1) is 11.8. The minimum atomic E-state index is -0.407. The maximum absolute atomic E-state index is 11.4. The van der Waals surface area contributed by atoms with Crippen molar-refractivity contribution in [3.8, 4) is 0 Å². The number of nitrogens with zero attached hydrogens (tertiary/aromatic N) is 1. The van der Waals surface area contributed by atoms with E-state index in [0.717, 1.165) is 5.57 Å². The van der Waals surface area contributed by atoms with Gasteiger partial charge in [0.25, 0.3) is 5.56 Å². The molecule has 0 radical (unpaired) electrons. The number of aromatic amines is 1. The van der Waals surface area contributed by atoms with Gasteiger partial charge in [0.05, 0.1) is 0 Å². The highest BCUT2D eigenvalue weighted by molar-refractivity contribution is 6.25. The van der Waals surface area contributed by atoms with Gasteiger partial charge in [-0.1, -0.05) is 18.5 Å². The Hall–Kier alpha value is -1.29. The van der Waals surface area contributed by atoms with Crippen molar-refractivity contribution in [1.29, 1.82) is 0 Å². The fourth-order valence-electron chi connectivity index (χ4n) is 1.23. The van der Waals surface area contributed by atoms with Crippen molar-refractivity contribution in [2.45, 2.75) is 26.8 Å². The molecule has 0 atom stereocenters. The maximum Gasteiger partial charge on any atom is 0.328 e. The smallest absolute Gasteiger partial charge is 0.296 e. The molecule has 1 rings (SSSR count). The number of aromatic nitrogens is 2. The number of hydrogen-bond acceptors (Lipinski definition) is 2.